The summed E-state index contributed by atoms with van der Waals surface area (Å²) in [6.45, 7) is 6.70. The van der Waals surface area contributed by atoms with Crippen LogP contribution in [-0.2, 0) is 22.7 Å². The minimum Gasteiger partial charge on any atom is -0.506 e. The zero-order chi connectivity index (χ0) is 11.7. The normalized spacial score (nSPS) is 20.6. The number of hydrogen-bond acceptors (Lipinski definition) is 4. The number of nitrogens with zero attached hydrogens (tertiary/aromatic N) is 1. The molecule has 0 amide bonds. The van der Waals surface area contributed by atoms with Gasteiger partial charge in [0.15, 0.2) is 6.29 Å². The van der Waals surface area contributed by atoms with Crippen LogP contribution in [0.15, 0.2) is 6.20 Å². The van der Waals surface area contributed by atoms with Crippen LogP contribution in [0.1, 0.15) is 30.7 Å². The molecule has 0 fully saturated rings. The van der Waals surface area contributed by atoms with Gasteiger partial charge in [0.2, 0.25) is 0 Å². The van der Waals surface area contributed by atoms with Crippen molar-refractivity contribution in [2.75, 3.05) is 0 Å². The molecule has 1 atom stereocenters. The lowest BCUT2D eigenvalue weighted by molar-refractivity contribution is -0.172. The van der Waals surface area contributed by atoms with Gasteiger partial charge < -0.3 is 14.6 Å². The number of pyridine rings is 1. The minimum atomic E-state index is -0.216. The lowest BCUT2D eigenvalue weighted by atomic mass is 10.1. The van der Waals surface area contributed by atoms with E-state index in [-0.39, 0.29) is 12.0 Å². The highest BCUT2D eigenvalue weighted by Gasteiger charge is 2.22. The standard InChI is InChI=1S/C12H17NO3/c1-7(2)12-15-5-9-4-13-8(3)11(14)10(9)6-16-12/h4,7,12,14H,5-6H2,1-3H3/t12-/m1/s1. The Morgan fingerprint density at radius 1 is 1.38 bits per heavy atom. The van der Waals surface area contributed by atoms with Crippen molar-refractivity contribution < 1.29 is 14.6 Å². The third kappa shape index (κ3) is 2.03. The predicted octanol–water partition coefficient (Wildman–Crippen LogP) is 2.12. The quantitative estimate of drug-likeness (QED) is 0.792. The van der Waals surface area contributed by atoms with Crippen LogP contribution in [0.3, 0.4) is 0 Å². The van der Waals surface area contributed by atoms with Crippen LogP contribution >= 0.6 is 0 Å². The monoisotopic (exact) mass is 223 g/mol. The van der Waals surface area contributed by atoms with Crippen LogP contribution in [0, 0.1) is 12.8 Å². The van der Waals surface area contributed by atoms with E-state index in [1.54, 1.807) is 13.1 Å². The van der Waals surface area contributed by atoms with E-state index in [0.717, 1.165) is 11.1 Å². The van der Waals surface area contributed by atoms with E-state index in [2.05, 4.69) is 4.98 Å². The molecule has 0 saturated carbocycles. The summed E-state index contributed by atoms with van der Waals surface area (Å²) in [6.07, 6.45) is 1.53. The van der Waals surface area contributed by atoms with E-state index in [1.165, 1.54) is 0 Å². The van der Waals surface area contributed by atoms with Crippen molar-refractivity contribution in [3.63, 3.8) is 0 Å². The Balaban J connectivity index is 2.27. The molecule has 2 rings (SSSR count). The lowest BCUT2D eigenvalue weighted by Crippen LogP contribution is -2.21. The highest BCUT2D eigenvalue weighted by Crippen LogP contribution is 2.29. The molecular weight excluding hydrogens is 206 g/mol. The van der Waals surface area contributed by atoms with Gasteiger partial charge in [-0.3, -0.25) is 4.98 Å². The fourth-order valence-electron chi connectivity index (χ4n) is 1.74. The van der Waals surface area contributed by atoms with Crippen molar-refractivity contribution in [2.24, 2.45) is 5.92 Å². The Kier molecular flexibility index (Phi) is 3.12. The molecule has 4 nitrogen and oxygen atoms in total. The first-order valence-electron chi connectivity index (χ1n) is 5.49. The summed E-state index contributed by atoms with van der Waals surface area (Å²) in [5.74, 6) is 0.524. The number of fused-ring (bicyclic) bond motifs is 1. The molecule has 1 aliphatic heterocycles. The Labute approximate surface area is 95.2 Å². The Hall–Kier alpha value is -1.13. The van der Waals surface area contributed by atoms with Crippen LogP contribution in [-0.4, -0.2) is 16.4 Å². The van der Waals surface area contributed by atoms with E-state index in [9.17, 15) is 5.11 Å². The molecule has 0 aromatic carbocycles. The highest BCUT2D eigenvalue weighted by atomic mass is 16.7. The van der Waals surface area contributed by atoms with Crippen molar-refractivity contribution in [3.05, 3.63) is 23.0 Å². The maximum atomic E-state index is 9.90. The molecule has 0 radical (unpaired) electrons. The molecule has 88 valence electrons. The number of rotatable bonds is 1. The van der Waals surface area contributed by atoms with E-state index in [4.69, 9.17) is 9.47 Å². The molecule has 1 aromatic rings. The largest absolute Gasteiger partial charge is 0.506 e. The van der Waals surface area contributed by atoms with Crippen molar-refractivity contribution >= 4 is 0 Å². The summed E-state index contributed by atoms with van der Waals surface area (Å²) in [5.41, 5.74) is 2.34. The third-order valence-electron chi connectivity index (χ3n) is 2.77. The molecule has 16 heavy (non-hydrogen) atoms. The van der Waals surface area contributed by atoms with Crippen LogP contribution in [0.5, 0.6) is 5.75 Å². The number of aromatic nitrogens is 1. The summed E-state index contributed by atoms with van der Waals surface area (Å²) >= 11 is 0. The fourth-order valence-corrected chi connectivity index (χ4v) is 1.74. The topological polar surface area (TPSA) is 51.6 Å². The molecule has 0 saturated heterocycles. The first-order chi connectivity index (χ1) is 7.59. The van der Waals surface area contributed by atoms with E-state index in [0.29, 0.717) is 24.8 Å². The van der Waals surface area contributed by atoms with Gasteiger partial charge in [-0.25, -0.2) is 0 Å². The molecule has 1 aromatic heterocycles. The third-order valence-corrected chi connectivity index (χ3v) is 2.77. The zero-order valence-electron chi connectivity index (χ0n) is 9.86. The van der Waals surface area contributed by atoms with Gasteiger partial charge in [0.25, 0.3) is 0 Å². The summed E-state index contributed by atoms with van der Waals surface area (Å²) in [7, 11) is 0. The van der Waals surface area contributed by atoms with E-state index in [1.807, 2.05) is 13.8 Å². The minimum absolute atomic E-state index is 0.216. The van der Waals surface area contributed by atoms with Crippen LogP contribution in [0.2, 0.25) is 0 Å². The predicted molar refractivity (Wildman–Crippen MR) is 58.8 cm³/mol. The second kappa shape index (κ2) is 4.39. The van der Waals surface area contributed by atoms with Crippen LogP contribution in [0.25, 0.3) is 0 Å². The molecule has 0 spiro atoms. The number of aryl methyl sites for hydroxylation is 1. The van der Waals surface area contributed by atoms with Crippen molar-refractivity contribution in [3.8, 4) is 5.75 Å². The van der Waals surface area contributed by atoms with Crippen molar-refractivity contribution in [1.29, 1.82) is 0 Å². The first-order valence-corrected chi connectivity index (χ1v) is 5.49. The Bertz CT molecular complexity index is 390. The summed E-state index contributed by atoms with van der Waals surface area (Å²) in [5, 5.41) is 9.90. The molecule has 1 aliphatic rings. The van der Waals surface area contributed by atoms with Gasteiger partial charge >= 0.3 is 0 Å². The second-order valence-corrected chi connectivity index (χ2v) is 4.43. The molecule has 0 unspecified atom stereocenters. The average molecular weight is 223 g/mol. The van der Waals surface area contributed by atoms with Gasteiger partial charge in [-0.2, -0.15) is 0 Å². The number of aromatic hydroxyl groups is 1. The summed E-state index contributed by atoms with van der Waals surface area (Å²) in [6, 6.07) is 0. The van der Waals surface area contributed by atoms with Crippen LogP contribution < -0.4 is 0 Å². The molecule has 1 N–H and O–H groups in total. The van der Waals surface area contributed by atoms with Crippen molar-refractivity contribution in [2.45, 2.75) is 40.3 Å². The summed E-state index contributed by atoms with van der Waals surface area (Å²) in [4.78, 5) is 4.12. The Morgan fingerprint density at radius 2 is 2.06 bits per heavy atom. The molecule has 2 heterocycles. The molecule has 0 aliphatic carbocycles. The first kappa shape index (κ1) is 11.4. The second-order valence-electron chi connectivity index (χ2n) is 4.43. The van der Waals surface area contributed by atoms with Gasteiger partial charge in [-0.1, -0.05) is 13.8 Å². The molecule has 0 bridgehead atoms. The summed E-state index contributed by atoms with van der Waals surface area (Å²) < 4.78 is 11.2. The highest BCUT2D eigenvalue weighted by molar-refractivity contribution is 5.40. The maximum absolute atomic E-state index is 9.90. The van der Waals surface area contributed by atoms with E-state index >= 15 is 0 Å². The van der Waals surface area contributed by atoms with Gasteiger partial charge in [-0.05, 0) is 6.92 Å². The maximum Gasteiger partial charge on any atom is 0.160 e. The fraction of sp³-hybridized carbons (Fsp3) is 0.583. The number of hydrogen-bond donors (Lipinski definition) is 1. The van der Waals surface area contributed by atoms with E-state index < -0.39 is 0 Å². The van der Waals surface area contributed by atoms with Gasteiger partial charge in [0, 0.05) is 23.2 Å². The van der Waals surface area contributed by atoms with Gasteiger partial charge in [-0.15, -0.1) is 0 Å². The average Bonchev–Trinajstić information content (AvgIpc) is 2.46. The molecular formula is C12H17NO3. The lowest BCUT2D eigenvalue weighted by Gasteiger charge is -2.18. The van der Waals surface area contributed by atoms with Gasteiger partial charge in [0.05, 0.1) is 18.9 Å². The van der Waals surface area contributed by atoms with Crippen molar-refractivity contribution in [1.82, 2.24) is 4.98 Å². The van der Waals surface area contributed by atoms with Gasteiger partial charge in [0.1, 0.15) is 5.75 Å². The zero-order valence-corrected chi connectivity index (χ0v) is 9.86. The smallest absolute Gasteiger partial charge is 0.160 e. The SMILES string of the molecule is Cc1ncc2c(c1O)CO[C@H](C(C)C)OC2. The molecule has 4 heteroatoms. The van der Waals surface area contributed by atoms with Crippen LogP contribution in [0.4, 0.5) is 0 Å². The number of ether oxygens (including phenoxy) is 2. The Morgan fingerprint density at radius 3 is 2.75 bits per heavy atom.